The highest BCUT2D eigenvalue weighted by Gasteiger charge is 2.05. The van der Waals surface area contributed by atoms with Crippen molar-refractivity contribution in [3.8, 4) is 0 Å². The van der Waals surface area contributed by atoms with Crippen LogP contribution in [0.15, 0.2) is 24.3 Å². The van der Waals surface area contributed by atoms with Gasteiger partial charge in [0.1, 0.15) is 0 Å². The van der Waals surface area contributed by atoms with Gasteiger partial charge in [-0.05, 0) is 24.6 Å². The van der Waals surface area contributed by atoms with Crippen molar-refractivity contribution in [1.29, 1.82) is 0 Å². The molecule has 0 heterocycles. The summed E-state index contributed by atoms with van der Waals surface area (Å²) in [6, 6.07) is 7.48. The number of amides is 1. The van der Waals surface area contributed by atoms with Crippen LogP contribution in [0.4, 0.5) is 0 Å². The number of carbonyl (C=O) groups excluding carboxylic acids is 1. The first-order valence-corrected chi connectivity index (χ1v) is 4.50. The fourth-order valence-corrected chi connectivity index (χ4v) is 1.36. The molecule has 1 atom stereocenters. The lowest BCUT2D eigenvalue weighted by Gasteiger charge is -2.12. The summed E-state index contributed by atoms with van der Waals surface area (Å²) in [5.41, 5.74) is 1.02. The molecule has 2 nitrogen and oxygen atoms in total. The SMILES string of the molecule is CC(=O)NC(C)c1cccc(Cl)c1. The van der Waals surface area contributed by atoms with Gasteiger partial charge in [-0.1, -0.05) is 23.7 Å². The third-order valence-corrected chi connectivity index (χ3v) is 2.00. The first-order chi connectivity index (χ1) is 6.09. The minimum Gasteiger partial charge on any atom is -0.350 e. The largest absolute Gasteiger partial charge is 0.350 e. The Morgan fingerprint density at radius 2 is 2.23 bits per heavy atom. The fraction of sp³-hybridized carbons (Fsp3) is 0.300. The second kappa shape index (κ2) is 4.28. The maximum atomic E-state index is 10.8. The van der Waals surface area contributed by atoms with Crippen molar-refractivity contribution in [2.45, 2.75) is 19.9 Å². The molecule has 70 valence electrons. The van der Waals surface area contributed by atoms with Gasteiger partial charge in [0.05, 0.1) is 6.04 Å². The molecule has 13 heavy (non-hydrogen) atoms. The van der Waals surface area contributed by atoms with E-state index in [0.717, 1.165) is 5.56 Å². The minimum atomic E-state index is -0.0347. The van der Waals surface area contributed by atoms with Crippen molar-refractivity contribution >= 4 is 17.5 Å². The molecule has 1 aromatic carbocycles. The third-order valence-electron chi connectivity index (χ3n) is 1.77. The molecule has 1 N–H and O–H groups in total. The standard InChI is InChI=1S/C10H12ClNO/c1-7(12-8(2)13)9-4-3-5-10(11)6-9/h3-7H,1-2H3,(H,12,13). The van der Waals surface area contributed by atoms with Crippen LogP contribution in [0.2, 0.25) is 5.02 Å². The van der Waals surface area contributed by atoms with Gasteiger partial charge in [0.25, 0.3) is 0 Å². The first-order valence-electron chi connectivity index (χ1n) is 4.12. The lowest BCUT2D eigenvalue weighted by Crippen LogP contribution is -2.23. The van der Waals surface area contributed by atoms with Crippen LogP contribution in [0.25, 0.3) is 0 Å². The van der Waals surface area contributed by atoms with Crippen molar-refractivity contribution in [2.24, 2.45) is 0 Å². The molecular weight excluding hydrogens is 186 g/mol. The molecule has 0 aliphatic rings. The van der Waals surface area contributed by atoms with Crippen LogP contribution in [0.1, 0.15) is 25.5 Å². The molecule has 0 fully saturated rings. The first kappa shape index (κ1) is 10.1. The van der Waals surface area contributed by atoms with E-state index in [0.29, 0.717) is 5.02 Å². The van der Waals surface area contributed by atoms with Gasteiger partial charge in [-0.3, -0.25) is 4.79 Å². The summed E-state index contributed by atoms with van der Waals surface area (Å²) in [6.07, 6.45) is 0. The smallest absolute Gasteiger partial charge is 0.217 e. The Morgan fingerprint density at radius 1 is 1.54 bits per heavy atom. The molecule has 0 bridgehead atoms. The predicted molar refractivity (Wildman–Crippen MR) is 53.7 cm³/mol. The summed E-state index contributed by atoms with van der Waals surface area (Å²) in [6.45, 7) is 3.42. The Hall–Kier alpha value is -1.02. The molecule has 0 aliphatic heterocycles. The summed E-state index contributed by atoms with van der Waals surface area (Å²) in [5, 5.41) is 3.48. The Morgan fingerprint density at radius 3 is 2.77 bits per heavy atom. The molecule has 0 aromatic heterocycles. The Labute approximate surface area is 82.9 Å². The van der Waals surface area contributed by atoms with Crippen LogP contribution >= 0.6 is 11.6 Å². The van der Waals surface area contributed by atoms with Gasteiger partial charge in [0, 0.05) is 11.9 Å². The van der Waals surface area contributed by atoms with Gasteiger partial charge in [-0.25, -0.2) is 0 Å². The van der Waals surface area contributed by atoms with Crippen LogP contribution in [0, 0.1) is 0 Å². The van der Waals surface area contributed by atoms with Gasteiger partial charge in [-0.2, -0.15) is 0 Å². The average Bonchev–Trinajstić information content (AvgIpc) is 2.03. The highest BCUT2D eigenvalue weighted by Crippen LogP contribution is 2.16. The molecular formula is C10H12ClNO. The van der Waals surface area contributed by atoms with Crippen LogP contribution in [-0.4, -0.2) is 5.91 Å². The van der Waals surface area contributed by atoms with Crippen molar-refractivity contribution in [1.82, 2.24) is 5.32 Å². The average molecular weight is 198 g/mol. The van der Waals surface area contributed by atoms with E-state index in [-0.39, 0.29) is 11.9 Å². The summed E-state index contributed by atoms with van der Waals surface area (Å²) in [4.78, 5) is 10.8. The third kappa shape index (κ3) is 3.07. The molecule has 1 unspecified atom stereocenters. The topological polar surface area (TPSA) is 29.1 Å². The molecule has 1 aromatic rings. The predicted octanol–water partition coefficient (Wildman–Crippen LogP) is 2.54. The minimum absolute atomic E-state index is 0.0104. The number of hydrogen-bond acceptors (Lipinski definition) is 1. The van der Waals surface area contributed by atoms with Crippen LogP contribution in [0.3, 0.4) is 0 Å². The second-order valence-electron chi connectivity index (χ2n) is 2.98. The lowest BCUT2D eigenvalue weighted by molar-refractivity contribution is -0.119. The van der Waals surface area contributed by atoms with Crippen LogP contribution in [0.5, 0.6) is 0 Å². The number of nitrogens with one attached hydrogen (secondary N) is 1. The Bertz CT molecular complexity index is 312. The van der Waals surface area contributed by atoms with E-state index in [1.807, 2.05) is 31.2 Å². The van der Waals surface area contributed by atoms with Gasteiger partial charge in [-0.15, -0.1) is 0 Å². The molecule has 1 amide bonds. The summed E-state index contributed by atoms with van der Waals surface area (Å²) < 4.78 is 0. The molecule has 0 spiro atoms. The summed E-state index contributed by atoms with van der Waals surface area (Å²) >= 11 is 5.81. The van der Waals surface area contributed by atoms with E-state index in [2.05, 4.69) is 5.32 Å². The molecule has 1 rings (SSSR count). The molecule has 3 heteroatoms. The van der Waals surface area contributed by atoms with Crippen molar-refractivity contribution < 1.29 is 4.79 Å². The van der Waals surface area contributed by atoms with Gasteiger partial charge < -0.3 is 5.32 Å². The normalized spacial score (nSPS) is 12.2. The van der Waals surface area contributed by atoms with E-state index in [1.54, 1.807) is 0 Å². The monoisotopic (exact) mass is 197 g/mol. The number of hydrogen-bond donors (Lipinski definition) is 1. The molecule has 0 saturated carbocycles. The second-order valence-corrected chi connectivity index (χ2v) is 3.41. The molecule has 0 radical (unpaired) electrons. The number of rotatable bonds is 2. The van der Waals surface area contributed by atoms with Gasteiger partial charge in [0.2, 0.25) is 5.91 Å². The van der Waals surface area contributed by atoms with Gasteiger partial charge in [0.15, 0.2) is 0 Å². The maximum Gasteiger partial charge on any atom is 0.217 e. The fourth-order valence-electron chi connectivity index (χ4n) is 1.16. The highest BCUT2D eigenvalue weighted by atomic mass is 35.5. The Kier molecular flexibility index (Phi) is 3.32. The van der Waals surface area contributed by atoms with Crippen molar-refractivity contribution in [2.75, 3.05) is 0 Å². The van der Waals surface area contributed by atoms with E-state index in [4.69, 9.17) is 11.6 Å². The molecule has 0 aliphatic carbocycles. The van der Waals surface area contributed by atoms with E-state index in [1.165, 1.54) is 6.92 Å². The number of halogens is 1. The zero-order valence-corrected chi connectivity index (χ0v) is 8.43. The Balaban J connectivity index is 2.76. The van der Waals surface area contributed by atoms with Gasteiger partial charge >= 0.3 is 0 Å². The lowest BCUT2D eigenvalue weighted by atomic mass is 10.1. The summed E-state index contributed by atoms with van der Waals surface area (Å²) in [5.74, 6) is -0.0347. The zero-order chi connectivity index (χ0) is 9.84. The summed E-state index contributed by atoms with van der Waals surface area (Å²) in [7, 11) is 0. The number of benzene rings is 1. The maximum absolute atomic E-state index is 10.8. The highest BCUT2D eigenvalue weighted by molar-refractivity contribution is 6.30. The number of carbonyl (C=O) groups is 1. The van der Waals surface area contributed by atoms with E-state index >= 15 is 0 Å². The van der Waals surface area contributed by atoms with Crippen LogP contribution < -0.4 is 5.32 Å². The quantitative estimate of drug-likeness (QED) is 0.776. The van der Waals surface area contributed by atoms with Crippen LogP contribution in [-0.2, 0) is 4.79 Å². The zero-order valence-electron chi connectivity index (χ0n) is 7.67. The van der Waals surface area contributed by atoms with Crippen molar-refractivity contribution in [3.63, 3.8) is 0 Å². The van der Waals surface area contributed by atoms with Crippen molar-refractivity contribution in [3.05, 3.63) is 34.9 Å². The van der Waals surface area contributed by atoms with E-state index < -0.39 is 0 Å². The van der Waals surface area contributed by atoms with E-state index in [9.17, 15) is 4.79 Å². The molecule has 0 saturated heterocycles.